The molecule has 2 heterocycles. The summed E-state index contributed by atoms with van der Waals surface area (Å²) < 4.78 is 45.3. The van der Waals surface area contributed by atoms with Crippen LogP contribution in [0.4, 0.5) is 18.0 Å². The summed E-state index contributed by atoms with van der Waals surface area (Å²) >= 11 is 6.83. The van der Waals surface area contributed by atoms with Gasteiger partial charge in [0.1, 0.15) is 11.5 Å². The summed E-state index contributed by atoms with van der Waals surface area (Å²) in [5.74, 6) is -0.353. The van der Waals surface area contributed by atoms with Crippen LogP contribution in [0.25, 0.3) is 17.4 Å². The number of carbonyl (C=O) groups is 2. The number of nitrogens with zero attached hydrogens (tertiary/aromatic N) is 1. The van der Waals surface area contributed by atoms with Crippen LogP contribution in [0.1, 0.15) is 16.9 Å². The summed E-state index contributed by atoms with van der Waals surface area (Å²) in [6.45, 7) is 0.0179. The minimum atomic E-state index is -4.54. The molecule has 1 aliphatic rings. The Balaban J connectivity index is 1.59. The fraction of sp³-hybridized carbons (Fsp3) is 0.0909. The maximum absolute atomic E-state index is 13.3. The van der Waals surface area contributed by atoms with E-state index in [-0.39, 0.29) is 28.5 Å². The zero-order valence-electron chi connectivity index (χ0n) is 15.7. The van der Waals surface area contributed by atoms with E-state index in [1.807, 2.05) is 0 Å². The molecule has 0 aliphatic carbocycles. The molecule has 158 valence electrons. The summed E-state index contributed by atoms with van der Waals surface area (Å²) in [5, 5.41) is -0.0325. The van der Waals surface area contributed by atoms with Crippen LogP contribution in [-0.4, -0.2) is 16.0 Å². The van der Waals surface area contributed by atoms with Crippen molar-refractivity contribution in [3.63, 3.8) is 0 Å². The van der Waals surface area contributed by atoms with Gasteiger partial charge in [0.15, 0.2) is 0 Å². The number of rotatable bonds is 4. The predicted molar refractivity (Wildman–Crippen MR) is 112 cm³/mol. The SMILES string of the molecule is O=C1S/C(=C/c2ccc(-c3ccccc3C(F)(F)F)o2)C(=O)N1Cc1ccccc1Cl. The van der Waals surface area contributed by atoms with Gasteiger partial charge in [-0.2, -0.15) is 13.2 Å². The van der Waals surface area contributed by atoms with Crippen LogP contribution < -0.4 is 0 Å². The molecule has 0 radical (unpaired) electrons. The minimum absolute atomic E-state index is 0.00877. The first-order valence-electron chi connectivity index (χ1n) is 8.99. The van der Waals surface area contributed by atoms with E-state index in [4.69, 9.17) is 16.0 Å². The van der Waals surface area contributed by atoms with E-state index in [1.165, 1.54) is 36.4 Å². The van der Waals surface area contributed by atoms with Crippen molar-refractivity contribution in [2.24, 2.45) is 0 Å². The number of alkyl halides is 3. The molecule has 4 rings (SSSR count). The molecule has 3 aromatic rings. The van der Waals surface area contributed by atoms with Crippen LogP contribution in [0.5, 0.6) is 0 Å². The molecule has 0 atom stereocenters. The second kappa shape index (κ2) is 8.28. The zero-order chi connectivity index (χ0) is 22.2. The number of amides is 2. The summed E-state index contributed by atoms with van der Waals surface area (Å²) in [6.07, 6.45) is -3.19. The monoisotopic (exact) mass is 463 g/mol. The molecular formula is C22H13ClF3NO3S. The van der Waals surface area contributed by atoms with Crippen molar-refractivity contribution >= 4 is 40.6 Å². The Hall–Kier alpha value is -2.97. The van der Waals surface area contributed by atoms with E-state index in [9.17, 15) is 22.8 Å². The summed E-state index contributed by atoms with van der Waals surface area (Å²) in [7, 11) is 0. The smallest absolute Gasteiger partial charge is 0.417 e. The highest BCUT2D eigenvalue weighted by Crippen LogP contribution is 2.39. The highest BCUT2D eigenvalue weighted by atomic mass is 35.5. The van der Waals surface area contributed by atoms with Crippen LogP contribution in [-0.2, 0) is 17.5 Å². The topological polar surface area (TPSA) is 50.5 Å². The molecule has 31 heavy (non-hydrogen) atoms. The van der Waals surface area contributed by atoms with Gasteiger partial charge < -0.3 is 4.42 Å². The van der Waals surface area contributed by atoms with Crippen LogP contribution in [0.2, 0.25) is 5.02 Å². The maximum atomic E-state index is 13.3. The van der Waals surface area contributed by atoms with E-state index in [1.54, 1.807) is 24.3 Å². The third-order valence-electron chi connectivity index (χ3n) is 4.56. The molecule has 0 saturated carbocycles. The number of hydrogen-bond donors (Lipinski definition) is 0. The minimum Gasteiger partial charge on any atom is -0.457 e. The molecule has 0 bridgehead atoms. The fourth-order valence-corrected chi connectivity index (χ4v) is 4.10. The molecular weight excluding hydrogens is 451 g/mol. The van der Waals surface area contributed by atoms with Gasteiger partial charge in [-0.3, -0.25) is 14.5 Å². The average Bonchev–Trinajstić information content (AvgIpc) is 3.29. The molecule has 1 saturated heterocycles. The highest BCUT2D eigenvalue weighted by Gasteiger charge is 2.36. The first-order chi connectivity index (χ1) is 14.7. The lowest BCUT2D eigenvalue weighted by Crippen LogP contribution is -2.27. The Morgan fingerprint density at radius 1 is 1.00 bits per heavy atom. The van der Waals surface area contributed by atoms with Crippen molar-refractivity contribution in [3.05, 3.63) is 87.5 Å². The van der Waals surface area contributed by atoms with Crippen molar-refractivity contribution in [2.45, 2.75) is 12.7 Å². The standard InChI is InChI=1S/C22H13ClF3NO3S/c23-17-8-4-1-5-13(17)12-27-20(28)19(31-21(27)29)11-14-9-10-18(30-14)15-6-2-3-7-16(15)22(24,25)26/h1-11H,12H2/b19-11+. The van der Waals surface area contributed by atoms with E-state index < -0.39 is 22.9 Å². The van der Waals surface area contributed by atoms with Crippen LogP contribution >= 0.6 is 23.4 Å². The first-order valence-corrected chi connectivity index (χ1v) is 10.2. The number of furan rings is 1. The van der Waals surface area contributed by atoms with Crippen LogP contribution in [0.15, 0.2) is 70.0 Å². The van der Waals surface area contributed by atoms with Crippen molar-refractivity contribution in [3.8, 4) is 11.3 Å². The van der Waals surface area contributed by atoms with Crippen molar-refractivity contribution < 1.29 is 27.2 Å². The molecule has 1 fully saturated rings. The van der Waals surface area contributed by atoms with Gasteiger partial charge in [0.05, 0.1) is 17.0 Å². The van der Waals surface area contributed by atoms with Crippen molar-refractivity contribution in [1.29, 1.82) is 0 Å². The largest absolute Gasteiger partial charge is 0.457 e. The third kappa shape index (κ3) is 4.40. The average molecular weight is 464 g/mol. The number of hydrogen-bond acceptors (Lipinski definition) is 4. The molecule has 4 nitrogen and oxygen atoms in total. The second-order valence-corrected chi connectivity index (χ2v) is 8.01. The molecule has 2 aromatic carbocycles. The van der Waals surface area contributed by atoms with Crippen molar-refractivity contribution in [2.75, 3.05) is 0 Å². The molecule has 0 N–H and O–H groups in total. The zero-order valence-corrected chi connectivity index (χ0v) is 17.2. The van der Waals surface area contributed by atoms with Gasteiger partial charge in [-0.15, -0.1) is 0 Å². The molecule has 2 amide bonds. The van der Waals surface area contributed by atoms with Gasteiger partial charge in [0.2, 0.25) is 0 Å². The maximum Gasteiger partial charge on any atom is 0.417 e. The van der Waals surface area contributed by atoms with Crippen LogP contribution in [0.3, 0.4) is 0 Å². The van der Waals surface area contributed by atoms with E-state index in [0.29, 0.717) is 10.6 Å². The Labute approximate surface area is 184 Å². The lowest BCUT2D eigenvalue weighted by molar-refractivity contribution is -0.137. The Morgan fingerprint density at radius 2 is 1.71 bits per heavy atom. The van der Waals surface area contributed by atoms with E-state index in [2.05, 4.69) is 0 Å². The Morgan fingerprint density at radius 3 is 2.45 bits per heavy atom. The van der Waals surface area contributed by atoms with E-state index in [0.717, 1.165) is 22.7 Å². The lowest BCUT2D eigenvalue weighted by atomic mass is 10.1. The first kappa shape index (κ1) is 21.3. The van der Waals surface area contributed by atoms with Gasteiger partial charge in [-0.25, -0.2) is 0 Å². The number of thioether (sulfide) groups is 1. The molecule has 1 aromatic heterocycles. The normalized spacial score (nSPS) is 15.9. The summed E-state index contributed by atoms with van der Waals surface area (Å²) in [6, 6.07) is 14.8. The number of benzene rings is 2. The number of carbonyl (C=O) groups excluding carboxylic acids is 2. The number of imide groups is 1. The highest BCUT2D eigenvalue weighted by molar-refractivity contribution is 8.18. The van der Waals surface area contributed by atoms with E-state index >= 15 is 0 Å². The fourth-order valence-electron chi connectivity index (χ4n) is 3.08. The lowest BCUT2D eigenvalue weighted by Gasteiger charge is -2.13. The Bertz CT molecular complexity index is 1200. The second-order valence-electron chi connectivity index (χ2n) is 6.60. The predicted octanol–water partition coefficient (Wildman–Crippen LogP) is 6.86. The van der Waals surface area contributed by atoms with Crippen molar-refractivity contribution in [1.82, 2.24) is 4.90 Å². The van der Waals surface area contributed by atoms with Gasteiger partial charge in [0.25, 0.3) is 11.1 Å². The Kier molecular flexibility index (Phi) is 5.68. The molecule has 9 heteroatoms. The molecule has 0 spiro atoms. The summed E-state index contributed by atoms with van der Waals surface area (Å²) in [5.41, 5.74) is -0.311. The van der Waals surface area contributed by atoms with Gasteiger partial charge in [0, 0.05) is 16.7 Å². The summed E-state index contributed by atoms with van der Waals surface area (Å²) in [4.78, 5) is 26.2. The van der Waals surface area contributed by atoms with Gasteiger partial charge >= 0.3 is 6.18 Å². The molecule has 1 aliphatic heterocycles. The van der Waals surface area contributed by atoms with Gasteiger partial charge in [-0.1, -0.05) is 48.0 Å². The third-order valence-corrected chi connectivity index (χ3v) is 5.83. The van der Waals surface area contributed by atoms with Crippen LogP contribution in [0, 0.1) is 0 Å². The number of halogens is 4. The quantitative estimate of drug-likeness (QED) is 0.397. The van der Waals surface area contributed by atoms with Gasteiger partial charge in [-0.05, 0) is 41.6 Å². The molecule has 0 unspecified atom stereocenters.